The van der Waals surface area contributed by atoms with Gasteiger partial charge >= 0.3 is 5.69 Å². The van der Waals surface area contributed by atoms with Crippen molar-refractivity contribution in [3.05, 3.63) is 65.2 Å². The molecular weight excluding hydrogens is 398 g/mol. The van der Waals surface area contributed by atoms with Gasteiger partial charge in [-0.2, -0.15) is 0 Å². The summed E-state index contributed by atoms with van der Waals surface area (Å²) in [6, 6.07) is 4.05. The number of aromatic nitrogens is 2. The minimum Gasteiger partial charge on any atom is -0.300 e. The van der Waals surface area contributed by atoms with Crippen LogP contribution in [-0.2, 0) is 13.1 Å². The standard InChI is InChI=1S/C13H11ClFIN2O2/c1-2-17-7-11(16)12(19)18(13(17)20)6-8-5-9(14)3-4-10(8)15/h3-5,7H,2,6H2,1H3. The van der Waals surface area contributed by atoms with Crippen LogP contribution in [0.4, 0.5) is 4.39 Å². The summed E-state index contributed by atoms with van der Waals surface area (Å²) >= 11 is 7.67. The molecule has 1 aromatic heterocycles. The molecule has 0 fully saturated rings. The Morgan fingerprint density at radius 1 is 1.35 bits per heavy atom. The van der Waals surface area contributed by atoms with Crippen molar-refractivity contribution in [3.63, 3.8) is 0 Å². The quantitative estimate of drug-likeness (QED) is 0.733. The fourth-order valence-electron chi connectivity index (χ4n) is 1.82. The summed E-state index contributed by atoms with van der Waals surface area (Å²) in [4.78, 5) is 24.2. The molecule has 106 valence electrons. The Bertz CT molecular complexity index is 770. The number of halogens is 3. The smallest absolute Gasteiger partial charge is 0.300 e. The van der Waals surface area contributed by atoms with Gasteiger partial charge in [0.15, 0.2) is 0 Å². The summed E-state index contributed by atoms with van der Waals surface area (Å²) in [5.74, 6) is -0.498. The zero-order valence-corrected chi connectivity index (χ0v) is 13.5. The van der Waals surface area contributed by atoms with E-state index in [1.54, 1.807) is 6.92 Å². The third-order valence-electron chi connectivity index (χ3n) is 2.87. The monoisotopic (exact) mass is 408 g/mol. The molecule has 0 saturated carbocycles. The predicted octanol–water partition coefficient (Wildman–Crippen LogP) is 2.48. The Labute approximate surface area is 132 Å². The van der Waals surface area contributed by atoms with Crippen LogP contribution < -0.4 is 11.2 Å². The van der Waals surface area contributed by atoms with Gasteiger partial charge in [-0.15, -0.1) is 0 Å². The zero-order chi connectivity index (χ0) is 14.9. The average Bonchev–Trinajstić information content (AvgIpc) is 2.42. The molecule has 7 heteroatoms. The van der Waals surface area contributed by atoms with Gasteiger partial charge < -0.3 is 0 Å². The van der Waals surface area contributed by atoms with Gasteiger partial charge in [0, 0.05) is 23.3 Å². The van der Waals surface area contributed by atoms with Crippen molar-refractivity contribution in [2.75, 3.05) is 0 Å². The summed E-state index contributed by atoms with van der Waals surface area (Å²) < 4.78 is 16.5. The molecule has 0 bridgehead atoms. The maximum absolute atomic E-state index is 13.7. The first-order valence-corrected chi connectivity index (χ1v) is 7.33. The van der Waals surface area contributed by atoms with Gasteiger partial charge in [-0.1, -0.05) is 11.6 Å². The lowest BCUT2D eigenvalue weighted by molar-refractivity contribution is 0.563. The largest absolute Gasteiger partial charge is 0.331 e. The molecule has 2 rings (SSSR count). The van der Waals surface area contributed by atoms with Crippen molar-refractivity contribution in [1.29, 1.82) is 0 Å². The van der Waals surface area contributed by atoms with Gasteiger partial charge in [0.25, 0.3) is 5.56 Å². The van der Waals surface area contributed by atoms with Gasteiger partial charge in [-0.3, -0.25) is 13.9 Å². The van der Waals surface area contributed by atoms with Crippen LogP contribution in [0.3, 0.4) is 0 Å². The maximum Gasteiger partial charge on any atom is 0.331 e. The summed E-state index contributed by atoms with van der Waals surface area (Å²) in [7, 11) is 0. The second-order valence-electron chi connectivity index (χ2n) is 4.17. The lowest BCUT2D eigenvalue weighted by Crippen LogP contribution is -2.41. The van der Waals surface area contributed by atoms with Crippen LogP contribution in [0.5, 0.6) is 0 Å². The summed E-state index contributed by atoms with van der Waals surface area (Å²) in [6.07, 6.45) is 1.50. The fraction of sp³-hybridized carbons (Fsp3) is 0.231. The molecule has 0 saturated heterocycles. The van der Waals surface area contributed by atoms with E-state index in [0.29, 0.717) is 15.1 Å². The summed E-state index contributed by atoms with van der Waals surface area (Å²) in [6.45, 7) is 2.10. The minimum absolute atomic E-state index is 0.138. The van der Waals surface area contributed by atoms with E-state index in [1.165, 1.54) is 29.0 Å². The highest BCUT2D eigenvalue weighted by molar-refractivity contribution is 14.1. The molecule has 2 aromatic rings. The maximum atomic E-state index is 13.7. The minimum atomic E-state index is -0.498. The van der Waals surface area contributed by atoms with E-state index in [2.05, 4.69) is 0 Å². The Kier molecular flexibility index (Phi) is 4.64. The third-order valence-corrected chi connectivity index (χ3v) is 3.85. The van der Waals surface area contributed by atoms with Gasteiger partial charge in [-0.25, -0.2) is 9.18 Å². The molecule has 4 nitrogen and oxygen atoms in total. The highest BCUT2D eigenvalue weighted by Crippen LogP contribution is 2.15. The summed E-state index contributed by atoms with van der Waals surface area (Å²) in [5, 5.41) is 0.357. The molecular formula is C13H11ClFIN2O2. The van der Waals surface area contributed by atoms with Gasteiger partial charge in [0.2, 0.25) is 0 Å². The molecule has 0 radical (unpaired) electrons. The second-order valence-corrected chi connectivity index (χ2v) is 5.77. The van der Waals surface area contributed by atoms with Crippen LogP contribution >= 0.6 is 34.2 Å². The van der Waals surface area contributed by atoms with Crippen LogP contribution in [0.1, 0.15) is 12.5 Å². The van der Waals surface area contributed by atoms with Crippen molar-refractivity contribution < 1.29 is 4.39 Å². The van der Waals surface area contributed by atoms with Crippen molar-refractivity contribution in [1.82, 2.24) is 9.13 Å². The molecule has 0 atom stereocenters. The number of aryl methyl sites for hydroxylation is 1. The molecule has 0 spiro atoms. The molecule has 1 aromatic carbocycles. The normalized spacial score (nSPS) is 10.8. The lowest BCUT2D eigenvalue weighted by atomic mass is 10.2. The molecule has 1 heterocycles. The Balaban J connectivity index is 2.59. The SMILES string of the molecule is CCn1cc(I)c(=O)n(Cc2cc(Cl)ccc2F)c1=O. The van der Waals surface area contributed by atoms with E-state index in [-0.39, 0.29) is 12.1 Å². The topological polar surface area (TPSA) is 44.0 Å². The van der Waals surface area contributed by atoms with Crippen molar-refractivity contribution in [2.45, 2.75) is 20.0 Å². The van der Waals surface area contributed by atoms with Crippen LogP contribution in [0.2, 0.25) is 5.02 Å². The van der Waals surface area contributed by atoms with E-state index in [9.17, 15) is 14.0 Å². The number of benzene rings is 1. The first kappa shape index (κ1) is 15.2. The Morgan fingerprint density at radius 3 is 2.70 bits per heavy atom. The van der Waals surface area contributed by atoms with E-state index in [0.717, 1.165) is 4.57 Å². The van der Waals surface area contributed by atoms with Crippen LogP contribution in [0.25, 0.3) is 0 Å². The molecule has 0 amide bonds. The van der Waals surface area contributed by atoms with E-state index in [4.69, 9.17) is 11.6 Å². The van der Waals surface area contributed by atoms with Gasteiger partial charge in [0.1, 0.15) is 5.82 Å². The third kappa shape index (κ3) is 2.95. The lowest BCUT2D eigenvalue weighted by Gasteiger charge is -2.10. The van der Waals surface area contributed by atoms with E-state index < -0.39 is 17.1 Å². The molecule has 0 aliphatic rings. The number of hydrogen-bond donors (Lipinski definition) is 0. The van der Waals surface area contributed by atoms with Crippen molar-refractivity contribution in [2.24, 2.45) is 0 Å². The Hall–Kier alpha value is -1.15. The summed E-state index contributed by atoms with van der Waals surface area (Å²) in [5.41, 5.74) is -0.682. The van der Waals surface area contributed by atoms with Crippen molar-refractivity contribution >= 4 is 34.2 Å². The van der Waals surface area contributed by atoms with Gasteiger partial charge in [-0.05, 0) is 47.7 Å². The number of nitrogens with zero attached hydrogens (tertiary/aromatic N) is 2. The molecule has 20 heavy (non-hydrogen) atoms. The predicted molar refractivity (Wildman–Crippen MR) is 83.9 cm³/mol. The highest BCUT2D eigenvalue weighted by atomic mass is 127. The number of rotatable bonds is 3. The molecule has 0 N–H and O–H groups in total. The fourth-order valence-corrected chi connectivity index (χ4v) is 2.64. The Morgan fingerprint density at radius 2 is 2.05 bits per heavy atom. The number of hydrogen-bond acceptors (Lipinski definition) is 2. The van der Waals surface area contributed by atoms with Crippen molar-refractivity contribution in [3.8, 4) is 0 Å². The first-order chi connectivity index (χ1) is 9.43. The average molecular weight is 409 g/mol. The first-order valence-electron chi connectivity index (χ1n) is 5.87. The zero-order valence-electron chi connectivity index (χ0n) is 10.6. The van der Waals surface area contributed by atoms with Crippen LogP contribution in [0.15, 0.2) is 34.0 Å². The van der Waals surface area contributed by atoms with E-state index in [1.807, 2.05) is 22.6 Å². The highest BCUT2D eigenvalue weighted by Gasteiger charge is 2.12. The molecule has 0 aliphatic heterocycles. The molecule has 0 aliphatic carbocycles. The molecule has 0 unspecified atom stereocenters. The van der Waals surface area contributed by atoms with Gasteiger partial charge in [0.05, 0.1) is 10.1 Å². The van der Waals surface area contributed by atoms with Crippen LogP contribution in [0, 0.1) is 9.39 Å². The second kappa shape index (κ2) is 6.09. The van der Waals surface area contributed by atoms with E-state index >= 15 is 0 Å². The van der Waals surface area contributed by atoms with Crippen LogP contribution in [-0.4, -0.2) is 9.13 Å².